The molecule has 3 aromatic rings. The van der Waals surface area contributed by atoms with Crippen LogP contribution in [-0.2, 0) is 17.1 Å². The second-order valence-corrected chi connectivity index (χ2v) is 9.31. The van der Waals surface area contributed by atoms with E-state index >= 15 is 0 Å². The van der Waals surface area contributed by atoms with Gasteiger partial charge in [-0.15, -0.1) is 0 Å². The number of anilines is 1. The number of nitrogens with zero attached hydrogens (tertiary/aromatic N) is 3. The van der Waals surface area contributed by atoms with E-state index in [4.69, 9.17) is 0 Å². The molecule has 1 aromatic heterocycles. The molecule has 1 fully saturated rings. The Morgan fingerprint density at radius 2 is 1.83 bits per heavy atom. The Kier molecular flexibility index (Phi) is 5.14. The van der Waals surface area contributed by atoms with E-state index in [1.54, 1.807) is 23.7 Å². The summed E-state index contributed by atoms with van der Waals surface area (Å²) in [5, 5.41) is 3.54. The van der Waals surface area contributed by atoms with Gasteiger partial charge < -0.3 is 9.88 Å². The molecule has 1 N–H and O–H groups in total. The third kappa shape index (κ3) is 3.90. The third-order valence-corrected chi connectivity index (χ3v) is 7.07. The zero-order valence-electron chi connectivity index (χ0n) is 16.3. The Balaban J connectivity index is 1.67. The molecule has 1 aliphatic heterocycles. The fraction of sp³-hybridized carbons (Fsp3) is 0.286. The van der Waals surface area contributed by atoms with Crippen molar-refractivity contribution in [1.29, 1.82) is 0 Å². The van der Waals surface area contributed by atoms with Crippen molar-refractivity contribution in [2.45, 2.75) is 23.9 Å². The van der Waals surface area contributed by atoms with Gasteiger partial charge in [0, 0.05) is 44.0 Å². The van der Waals surface area contributed by atoms with Gasteiger partial charge in [-0.25, -0.2) is 17.8 Å². The third-order valence-electron chi connectivity index (χ3n) is 5.36. The Labute approximate surface area is 170 Å². The molecular formula is C21H23FN4O2S. The lowest BCUT2D eigenvalue weighted by Gasteiger charge is -2.22. The second kappa shape index (κ2) is 7.61. The van der Waals surface area contributed by atoms with Crippen molar-refractivity contribution < 1.29 is 12.8 Å². The van der Waals surface area contributed by atoms with E-state index in [-0.39, 0.29) is 22.8 Å². The highest BCUT2D eigenvalue weighted by Gasteiger charge is 2.41. The molecule has 0 spiro atoms. The van der Waals surface area contributed by atoms with Gasteiger partial charge in [0.05, 0.1) is 6.33 Å². The Hall–Kier alpha value is -2.71. The lowest BCUT2D eigenvalue weighted by Crippen LogP contribution is -2.32. The number of hydrogen-bond donors (Lipinski definition) is 1. The Bertz CT molecular complexity index is 1110. The van der Waals surface area contributed by atoms with E-state index in [0.717, 1.165) is 16.8 Å². The molecule has 0 bridgehead atoms. The molecule has 152 valence electrons. The van der Waals surface area contributed by atoms with Crippen molar-refractivity contribution in [2.75, 3.05) is 18.4 Å². The van der Waals surface area contributed by atoms with Crippen LogP contribution in [0.2, 0.25) is 0 Å². The zero-order valence-corrected chi connectivity index (χ0v) is 17.1. The van der Waals surface area contributed by atoms with Crippen LogP contribution in [0.4, 0.5) is 10.1 Å². The maximum Gasteiger partial charge on any atom is 0.262 e. The number of benzene rings is 2. The predicted octanol–water partition coefficient (Wildman–Crippen LogP) is 3.14. The summed E-state index contributed by atoms with van der Waals surface area (Å²) >= 11 is 0. The van der Waals surface area contributed by atoms with Gasteiger partial charge in [-0.1, -0.05) is 30.3 Å². The van der Waals surface area contributed by atoms with Gasteiger partial charge in [0.15, 0.2) is 5.03 Å². The van der Waals surface area contributed by atoms with E-state index in [1.165, 1.54) is 29.0 Å². The largest absolute Gasteiger partial charge is 0.380 e. The van der Waals surface area contributed by atoms with Crippen LogP contribution in [0.3, 0.4) is 0 Å². The SMILES string of the molecule is Cc1ccccc1NC1CN(S(=O)(=O)c2cn(C)cn2)CC1c1ccc(F)cc1. The van der Waals surface area contributed by atoms with Crippen LogP contribution in [0.15, 0.2) is 66.1 Å². The van der Waals surface area contributed by atoms with Gasteiger partial charge >= 0.3 is 0 Å². The molecule has 0 saturated carbocycles. The van der Waals surface area contributed by atoms with E-state index < -0.39 is 10.0 Å². The molecule has 2 atom stereocenters. The van der Waals surface area contributed by atoms with Crippen molar-refractivity contribution in [3.8, 4) is 0 Å². The van der Waals surface area contributed by atoms with Crippen LogP contribution in [0.1, 0.15) is 17.0 Å². The normalized spacial score (nSPS) is 20.1. The van der Waals surface area contributed by atoms with Crippen LogP contribution in [0, 0.1) is 12.7 Å². The fourth-order valence-electron chi connectivity index (χ4n) is 3.75. The number of rotatable bonds is 5. The fourth-order valence-corrected chi connectivity index (χ4v) is 5.20. The first-order valence-corrected chi connectivity index (χ1v) is 10.8. The molecule has 6 nitrogen and oxygen atoms in total. The number of imidazole rings is 1. The number of nitrogens with one attached hydrogen (secondary N) is 1. The Morgan fingerprint density at radius 1 is 1.10 bits per heavy atom. The summed E-state index contributed by atoms with van der Waals surface area (Å²) in [6.07, 6.45) is 2.98. The minimum absolute atomic E-state index is 0.0365. The average Bonchev–Trinajstić information content (AvgIpc) is 3.32. The molecule has 2 heterocycles. The molecule has 0 amide bonds. The number of aromatic nitrogens is 2. The molecule has 4 rings (SSSR count). The van der Waals surface area contributed by atoms with Crippen LogP contribution in [0.5, 0.6) is 0 Å². The zero-order chi connectivity index (χ0) is 20.6. The number of hydrogen-bond acceptors (Lipinski definition) is 4. The molecule has 2 unspecified atom stereocenters. The van der Waals surface area contributed by atoms with Gasteiger partial charge in [0.25, 0.3) is 10.0 Å². The maximum absolute atomic E-state index is 13.4. The summed E-state index contributed by atoms with van der Waals surface area (Å²) in [5.74, 6) is -0.429. The van der Waals surface area contributed by atoms with Gasteiger partial charge in [-0.2, -0.15) is 4.31 Å². The topological polar surface area (TPSA) is 67.2 Å². The van der Waals surface area contributed by atoms with Crippen LogP contribution < -0.4 is 5.32 Å². The summed E-state index contributed by atoms with van der Waals surface area (Å²) < 4.78 is 42.7. The van der Waals surface area contributed by atoms with Crippen molar-refractivity contribution in [3.63, 3.8) is 0 Å². The van der Waals surface area contributed by atoms with Crippen molar-refractivity contribution in [3.05, 3.63) is 78.0 Å². The van der Waals surface area contributed by atoms with E-state index in [2.05, 4.69) is 10.3 Å². The molecule has 1 aliphatic rings. The first-order valence-electron chi connectivity index (χ1n) is 9.40. The highest BCUT2D eigenvalue weighted by Crippen LogP contribution is 2.33. The molecule has 1 saturated heterocycles. The lowest BCUT2D eigenvalue weighted by atomic mass is 9.94. The van der Waals surface area contributed by atoms with Crippen LogP contribution in [-0.4, -0.2) is 41.4 Å². The standard InChI is InChI=1S/C21H23FN4O2S/c1-15-5-3-4-6-19(15)24-20-12-26(29(27,28)21-13-25(2)14-23-21)11-18(20)16-7-9-17(22)10-8-16/h3-10,13-14,18,20,24H,11-12H2,1-2H3. The van der Waals surface area contributed by atoms with Gasteiger partial charge in [0.2, 0.25) is 0 Å². The number of para-hydroxylation sites is 1. The minimum Gasteiger partial charge on any atom is -0.380 e. The molecule has 29 heavy (non-hydrogen) atoms. The van der Waals surface area contributed by atoms with Crippen molar-refractivity contribution in [2.24, 2.45) is 7.05 Å². The average molecular weight is 415 g/mol. The second-order valence-electron chi connectivity index (χ2n) is 7.42. The number of aryl methyl sites for hydroxylation is 2. The monoisotopic (exact) mass is 414 g/mol. The first kappa shape index (κ1) is 19.6. The predicted molar refractivity (Wildman–Crippen MR) is 110 cm³/mol. The van der Waals surface area contributed by atoms with Crippen LogP contribution >= 0.6 is 0 Å². The summed E-state index contributed by atoms with van der Waals surface area (Å²) in [6, 6.07) is 14.0. The molecule has 0 aliphatic carbocycles. The molecule has 2 aromatic carbocycles. The summed E-state index contributed by atoms with van der Waals surface area (Å²) in [6.45, 7) is 2.61. The van der Waals surface area contributed by atoms with E-state index in [0.29, 0.717) is 13.1 Å². The Morgan fingerprint density at radius 3 is 2.48 bits per heavy atom. The highest BCUT2D eigenvalue weighted by molar-refractivity contribution is 7.89. The number of sulfonamides is 1. The summed E-state index contributed by atoms with van der Waals surface area (Å²) in [5.41, 5.74) is 2.94. The minimum atomic E-state index is -3.71. The smallest absolute Gasteiger partial charge is 0.262 e. The summed E-state index contributed by atoms with van der Waals surface area (Å²) in [7, 11) is -1.98. The van der Waals surface area contributed by atoms with E-state index in [9.17, 15) is 12.8 Å². The maximum atomic E-state index is 13.4. The van der Waals surface area contributed by atoms with E-state index in [1.807, 2.05) is 31.2 Å². The molecule has 8 heteroatoms. The highest BCUT2D eigenvalue weighted by atomic mass is 32.2. The van der Waals surface area contributed by atoms with Crippen molar-refractivity contribution >= 4 is 15.7 Å². The molecular weight excluding hydrogens is 391 g/mol. The van der Waals surface area contributed by atoms with Gasteiger partial charge in [-0.05, 0) is 36.2 Å². The lowest BCUT2D eigenvalue weighted by molar-refractivity contribution is 0.468. The first-order chi connectivity index (χ1) is 13.8. The quantitative estimate of drug-likeness (QED) is 0.697. The van der Waals surface area contributed by atoms with Crippen LogP contribution in [0.25, 0.3) is 0 Å². The molecule has 0 radical (unpaired) electrons. The van der Waals surface area contributed by atoms with Gasteiger partial charge in [0.1, 0.15) is 5.82 Å². The number of halogens is 1. The van der Waals surface area contributed by atoms with Crippen molar-refractivity contribution in [1.82, 2.24) is 13.9 Å². The van der Waals surface area contributed by atoms with Gasteiger partial charge in [-0.3, -0.25) is 0 Å². The summed E-state index contributed by atoms with van der Waals surface area (Å²) in [4.78, 5) is 4.03.